The number of nitrogens with zero attached hydrogens (tertiary/aromatic N) is 2. The lowest BCUT2D eigenvalue weighted by Gasteiger charge is -2.44. The van der Waals surface area contributed by atoms with E-state index in [0.29, 0.717) is 39.3 Å². The highest BCUT2D eigenvalue weighted by atomic mass is 16.5. The van der Waals surface area contributed by atoms with Crippen molar-refractivity contribution in [1.29, 1.82) is 0 Å². The summed E-state index contributed by atoms with van der Waals surface area (Å²) >= 11 is 0. The molecule has 2 fully saturated rings. The maximum Gasteiger partial charge on any atom is 0.225 e. The number of carbonyl (C=O) groups is 3. The van der Waals surface area contributed by atoms with Gasteiger partial charge in [0.1, 0.15) is 0 Å². The molecule has 0 aromatic heterocycles. The third-order valence-electron chi connectivity index (χ3n) is 4.10. The molecular weight excluding hydrogens is 274 g/mol. The van der Waals surface area contributed by atoms with Gasteiger partial charge in [-0.25, -0.2) is 0 Å². The van der Waals surface area contributed by atoms with Crippen molar-refractivity contribution in [3.63, 3.8) is 0 Å². The first-order valence-electron chi connectivity index (χ1n) is 7.43. The van der Waals surface area contributed by atoms with Crippen LogP contribution in [0.4, 0.5) is 0 Å². The summed E-state index contributed by atoms with van der Waals surface area (Å²) in [6, 6.07) is 0.0585. The van der Waals surface area contributed by atoms with E-state index in [9.17, 15) is 14.4 Å². The van der Waals surface area contributed by atoms with Crippen LogP contribution in [0, 0.1) is 5.92 Å². The first-order chi connectivity index (χ1) is 10.1. The van der Waals surface area contributed by atoms with E-state index in [1.54, 1.807) is 16.8 Å². The molecule has 0 aromatic rings. The second-order valence-electron chi connectivity index (χ2n) is 5.46. The number of carbonyl (C=O) groups excluding carboxylic acids is 3. The Kier molecular flexibility index (Phi) is 5.17. The average Bonchev–Trinajstić information content (AvgIpc) is 2.79. The molecule has 0 radical (unpaired) electrons. The molecule has 7 nitrogen and oxygen atoms in total. The van der Waals surface area contributed by atoms with E-state index in [1.807, 2.05) is 6.92 Å². The van der Waals surface area contributed by atoms with Gasteiger partial charge in [-0.05, 0) is 6.92 Å². The zero-order chi connectivity index (χ0) is 15.4. The molecule has 0 aliphatic carbocycles. The minimum atomic E-state index is -0.259. The standard InChI is InChI=1S/C14H23N3O4/c1-3-21-5-4-12(18)16-8-11(9-16)17-7-10(6-13(17)19)14(20)15-2/h10-11H,3-9H2,1-2H3,(H,15,20). The van der Waals surface area contributed by atoms with E-state index >= 15 is 0 Å². The van der Waals surface area contributed by atoms with Crippen molar-refractivity contribution < 1.29 is 19.1 Å². The van der Waals surface area contributed by atoms with Crippen molar-refractivity contribution >= 4 is 17.7 Å². The summed E-state index contributed by atoms with van der Waals surface area (Å²) in [4.78, 5) is 38.9. The minimum Gasteiger partial charge on any atom is -0.381 e. The fraction of sp³-hybridized carbons (Fsp3) is 0.786. The van der Waals surface area contributed by atoms with Crippen LogP contribution in [0.1, 0.15) is 19.8 Å². The molecule has 2 aliphatic heterocycles. The Hall–Kier alpha value is -1.63. The smallest absolute Gasteiger partial charge is 0.225 e. The summed E-state index contributed by atoms with van der Waals surface area (Å²) in [5.74, 6) is -0.274. The monoisotopic (exact) mass is 297 g/mol. The molecule has 2 aliphatic rings. The van der Waals surface area contributed by atoms with Crippen LogP contribution in [0.5, 0.6) is 0 Å². The van der Waals surface area contributed by atoms with E-state index in [-0.39, 0.29) is 36.1 Å². The number of nitrogens with one attached hydrogen (secondary N) is 1. The molecule has 2 rings (SSSR count). The summed E-state index contributed by atoms with van der Waals surface area (Å²) in [5.41, 5.74) is 0. The molecule has 0 aromatic carbocycles. The van der Waals surface area contributed by atoms with Crippen molar-refractivity contribution in [2.24, 2.45) is 5.92 Å². The van der Waals surface area contributed by atoms with Crippen molar-refractivity contribution in [3.8, 4) is 0 Å². The topological polar surface area (TPSA) is 79.0 Å². The molecule has 0 spiro atoms. The maximum atomic E-state index is 11.9. The molecule has 2 heterocycles. The minimum absolute atomic E-state index is 0.00927. The molecule has 0 saturated carbocycles. The lowest BCUT2D eigenvalue weighted by Crippen LogP contribution is -2.61. The second kappa shape index (κ2) is 6.89. The van der Waals surface area contributed by atoms with Crippen molar-refractivity contribution in [2.45, 2.75) is 25.8 Å². The lowest BCUT2D eigenvalue weighted by atomic mass is 10.1. The number of hydrogen-bond acceptors (Lipinski definition) is 4. The Labute approximate surface area is 124 Å². The highest BCUT2D eigenvalue weighted by Crippen LogP contribution is 2.25. The molecule has 21 heavy (non-hydrogen) atoms. The third-order valence-corrected chi connectivity index (χ3v) is 4.10. The van der Waals surface area contributed by atoms with Crippen LogP contribution in [-0.4, -0.2) is 73.5 Å². The number of likely N-dealkylation sites (tertiary alicyclic amines) is 2. The molecule has 1 N–H and O–H groups in total. The molecule has 3 amide bonds. The molecule has 2 saturated heterocycles. The Balaban J connectivity index is 1.75. The number of amides is 3. The van der Waals surface area contributed by atoms with Crippen LogP contribution < -0.4 is 5.32 Å². The van der Waals surface area contributed by atoms with Crippen LogP contribution in [0.2, 0.25) is 0 Å². The van der Waals surface area contributed by atoms with E-state index in [0.717, 1.165) is 0 Å². The van der Waals surface area contributed by atoms with Gasteiger partial charge in [0.15, 0.2) is 0 Å². The van der Waals surface area contributed by atoms with Gasteiger partial charge in [-0.15, -0.1) is 0 Å². The number of rotatable bonds is 6. The first kappa shape index (κ1) is 15.8. The number of ether oxygens (including phenoxy) is 1. The summed E-state index contributed by atoms with van der Waals surface area (Å²) in [5, 5.41) is 2.58. The normalized spacial score (nSPS) is 22.4. The first-order valence-corrected chi connectivity index (χ1v) is 7.43. The number of hydrogen-bond donors (Lipinski definition) is 1. The Bertz CT molecular complexity index is 420. The van der Waals surface area contributed by atoms with Gasteiger partial charge in [0.2, 0.25) is 17.7 Å². The van der Waals surface area contributed by atoms with Gasteiger partial charge in [0, 0.05) is 39.7 Å². The van der Waals surface area contributed by atoms with Gasteiger partial charge < -0.3 is 19.9 Å². The van der Waals surface area contributed by atoms with Crippen LogP contribution in [0.3, 0.4) is 0 Å². The van der Waals surface area contributed by atoms with Crippen molar-refractivity contribution in [3.05, 3.63) is 0 Å². The van der Waals surface area contributed by atoms with Crippen LogP contribution in [0.25, 0.3) is 0 Å². The zero-order valence-corrected chi connectivity index (χ0v) is 12.6. The van der Waals surface area contributed by atoms with Gasteiger partial charge in [-0.1, -0.05) is 0 Å². The highest BCUT2D eigenvalue weighted by molar-refractivity contribution is 5.89. The molecular formula is C14H23N3O4. The Morgan fingerprint density at radius 3 is 2.67 bits per heavy atom. The van der Waals surface area contributed by atoms with Gasteiger partial charge in [0.25, 0.3) is 0 Å². The largest absolute Gasteiger partial charge is 0.381 e. The summed E-state index contributed by atoms with van der Waals surface area (Å²) < 4.78 is 5.16. The van der Waals surface area contributed by atoms with Gasteiger partial charge in [-0.2, -0.15) is 0 Å². The van der Waals surface area contributed by atoms with E-state index in [4.69, 9.17) is 4.74 Å². The molecule has 1 atom stereocenters. The zero-order valence-electron chi connectivity index (χ0n) is 12.6. The summed E-state index contributed by atoms with van der Waals surface area (Å²) in [6.45, 7) is 4.54. The van der Waals surface area contributed by atoms with E-state index < -0.39 is 0 Å². The fourth-order valence-corrected chi connectivity index (χ4v) is 2.78. The van der Waals surface area contributed by atoms with Gasteiger partial charge in [0.05, 0.1) is 25.0 Å². The summed E-state index contributed by atoms with van der Waals surface area (Å²) in [7, 11) is 1.58. The lowest BCUT2D eigenvalue weighted by molar-refractivity contribution is -0.145. The Morgan fingerprint density at radius 1 is 1.33 bits per heavy atom. The van der Waals surface area contributed by atoms with Gasteiger partial charge >= 0.3 is 0 Å². The van der Waals surface area contributed by atoms with E-state index in [1.165, 1.54) is 0 Å². The molecule has 7 heteroatoms. The molecule has 1 unspecified atom stereocenters. The predicted molar refractivity (Wildman–Crippen MR) is 75.4 cm³/mol. The molecule has 118 valence electrons. The Morgan fingerprint density at radius 2 is 2.05 bits per heavy atom. The van der Waals surface area contributed by atoms with Crippen molar-refractivity contribution in [2.75, 3.05) is 39.9 Å². The van der Waals surface area contributed by atoms with Crippen LogP contribution in [-0.2, 0) is 19.1 Å². The third kappa shape index (κ3) is 3.53. The van der Waals surface area contributed by atoms with E-state index in [2.05, 4.69) is 5.32 Å². The van der Waals surface area contributed by atoms with Crippen molar-refractivity contribution in [1.82, 2.24) is 15.1 Å². The van der Waals surface area contributed by atoms with Crippen LogP contribution in [0.15, 0.2) is 0 Å². The fourth-order valence-electron chi connectivity index (χ4n) is 2.78. The molecule has 0 bridgehead atoms. The maximum absolute atomic E-state index is 11.9. The van der Waals surface area contributed by atoms with Gasteiger partial charge in [-0.3, -0.25) is 14.4 Å². The second-order valence-corrected chi connectivity index (χ2v) is 5.46. The highest BCUT2D eigenvalue weighted by Gasteiger charge is 2.42. The predicted octanol–water partition coefficient (Wildman–Crippen LogP) is -0.782. The quantitative estimate of drug-likeness (QED) is 0.652. The van der Waals surface area contributed by atoms with Crippen LogP contribution >= 0.6 is 0 Å². The average molecular weight is 297 g/mol. The summed E-state index contributed by atoms with van der Waals surface area (Å²) in [6.07, 6.45) is 0.657. The SMILES string of the molecule is CCOCCC(=O)N1CC(N2CC(C(=O)NC)CC2=O)C1.